The lowest BCUT2D eigenvalue weighted by Gasteiger charge is -2.43. The van der Waals surface area contributed by atoms with E-state index in [0.717, 1.165) is 6.04 Å². The van der Waals surface area contributed by atoms with Crippen LogP contribution in [-0.2, 0) is 0 Å². The predicted octanol–water partition coefficient (Wildman–Crippen LogP) is 4.61. The fourth-order valence-electron chi connectivity index (χ4n) is 3.31. The second-order valence-electron chi connectivity index (χ2n) is 5.90. The van der Waals surface area contributed by atoms with Crippen LogP contribution in [0.4, 0.5) is 0 Å². The number of nitrogens with zero attached hydrogens (tertiary/aromatic N) is 1. The summed E-state index contributed by atoms with van der Waals surface area (Å²) < 4.78 is 0. The Labute approximate surface area is 103 Å². The summed E-state index contributed by atoms with van der Waals surface area (Å²) in [7, 11) is 2.38. The van der Waals surface area contributed by atoms with Crippen LogP contribution < -0.4 is 0 Å². The van der Waals surface area contributed by atoms with E-state index in [0.29, 0.717) is 5.54 Å². The summed E-state index contributed by atoms with van der Waals surface area (Å²) in [6, 6.07) is 0.869. The lowest BCUT2D eigenvalue weighted by molar-refractivity contribution is 0.0688. The average Bonchev–Trinajstić information content (AvgIpc) is 2.79. The Balaban J connectivity index is 2.58. The highest BCUT2D eigenvalue weighted by Crippen LogP contribution is 2.33. The summed E-state index contributed by atoms with van der Waals surface area (Å²) in [4.78, 5) is 2.72. The molecule has 0 aliphatic heterocycles. The Morgan fingerprint density at radius 2 is 1.69 bits per heavy atom. The van der Waals surface area contributed by atoms with Gasteiger partial charge in [0.2, 0.25) is 0 Å². The van der Waals surface area contributed by atoms with Crippen LogP contribution >= 0.6 is 0 Å². The van der Waals surface area contributed by atoms with Crippen LogP contribution in [0.5, 0.6) is 0 Å². The first kappa shape index (κ1) is 14.0. The Kier molecular flexibility index (Phi) is 5.82. The van der Waals surface area contributed by atoms with E-state index in [-0.39, 0.29) is 0 Å². The van der Waals surface area contributed by atoms with Gasteiger partial charge in [0.05, 0.1) is 0 Å². The molecule has 1 aliphatic rings. The molecule has 1 saturated carbocycles. The Bertz CT molecular complexity index is 184. The van der Waals surface area contributed by atoms with Crippen molar-refractivity contribution in [2.75, 3.05) is 7.05 Å². The summed E-state index contributed by atoms with van der Waals surface area (Å²) in [6.45, 7) is 7.12. The van der Waals surface area contributed by atoms with Crippen LogP contribution in [0.1, 0.15) is 78.6 Å². The quantitative estimate of drug-likeness (QED) is 0.611. The summed E-state index contributed by atoms with van der Waals surface area (Å²) in [6.07, 6.45) is 12.5. The fraction of sp³-hybridized carbons (Fsp3) is 1.00. The van der Waals surface area contributed by atoms with Crippen molar-refractivity contribution in [3.05, 3.63) is 0 Å². The van der Waals surface area contributed by atoms with E-state index in [2.05, 4.69) is 32.7 Å². The zero-order valence-corrected chi connectivity index (χ0v) is 11.9. The molecule has 0 radical (unpaired) electrons. The normalized spacial score (nSPS) is 21.6. The largest absolute Gasteiger partial charge is 0.298 e. The summed E-state index contributed by atoms with van der Waals surface area (Å²) in [5.41, 5.74) is 0.458. The Morgan fingerprint density at radius 3 is 2.19 bits per heavy atom. The van der Waals surface area contributed by atoms with E-state index in [1.807, 2.05) is 0 Å². The van der Waals surface area contributed by atoms with Crippen LogP contribution in [0, 0.1) is 0 Å². The molecule has 16 heavy (non-hydrogen) atoms. The molecule has 0 aromatic rings. The molecule has 96 valence electrons. The second-order valence-corrected chi connectivity index (χ2v) is 5.90. The molecule has 1 rings (SSSR count). The van der Waals surface area contributed by atoms with Gasteiger partial charge in [0.15, 0.2) is 0 Å². The van der Waals surface area contributed by atoms with E-state index in [4.69, 9.17) is 0 Å². The van der Waals surface area contributed by atoms with Gasteiger partial charge in [-0.05, 0) is 39.7 Å². The van der Waals surface area contributed by atoms with Gasteiger partial charge in [0, 0.05) is 11.6 Å². The summed E-state index contributed by atoms with van der Waals surface area (Å²) in [5, 5.41) is 0. The van der Waals surface area contributed by atoms with Crippen molar-refractivity contribution in [2.24, 2.45) is 0 Å². The maximum Gasteiger partial charge on any atom is 0.0181 e. The molecule has 0 spiro atoms. The first-order valence-electron chi connectivity index (χ1n) is 7.37. The van der Waals surface area contributed by atoms with E-state index in [1.54, 1.807) is 0 Å². The first-order chi connectivity index (χ1) is 7.64. The molecular formula is C15H31N. The molecule has 1 heteroatoms. The van der Waals surface area contributed by atoms with E-state index >= 15 is 0 Å². The van der Waals surface area contributed by atoms with Crippen molar-refractivity contribution in [1.29, 1.82) is 0 Å². The van der Waals surface area contributed by atoms with Gasteiger partial charge in [-0.15, -0.1) is 0 Å². The highest BCUT2D eigenvalue weighted by atomic mass is 15.2. The molecule has 1 aliphatic carbocycles. The molecule has 1 fully saturated rings. The zero-order valence-electron chi connectivity index (χ0n) is 11.9. The zero-order chi connectivity index (χ0) is 12.0. The smallest absolute Gasteiger partial charge is 0.0181 e. The predicted molar refractivity (Wildman–Crippen MR) is 72.9 cm³/mol. The van der Waals surface area contributed by atoms with E-state index in [9.17, 15) is 0 Å². The first-order valence-corrected chi connectivity index (χ1v) is 7.37. The molecule has 0 aromatic heterocycles. The number of hydrogen-bond acceptors (Lipinski definition) is 1. The van der Waals surface area contributed by atoms with Gasteiger partial charge in [-0.2, -0.15) is 0 Å². The summed E-state index contributed by atoms with van der Waals surface area (Å²) in [5.74, 6) is 0. The van der Waals surface area contributed by atoms with Crippen molar-refractivity contribution >= 4 is 0 Å². The Morgan fingerprint density at radius 1 is 1.06 bits per heavy atom. The van der Waals surface area contributed by atoms with Crippen molar-refractivity contribution in [3.63, 3.8) is 0 Å². The molecule has 0 N–H and O–H groups in total. The lowest BCUT2D eigenvalue weighted by Crippen LogP contribution is -2.48. The topological polar surface area (TPSA) is 3.24 Å². The fourth-order valence-corrected chi connectivity index (χ4v) is 3.31. The highest BCUT2D eigenvalue weighted by Gasteiger charge is 2.33. The summed E-state index contributed by atoms with van der Waals surface area (Å²) >= 11 is 0. The monoisotopic (exact) mass is 225 g/mol. The van der Waals surface area contributed by atoms with Gasteiger partial charge in [0.1, 0.15) is 0 Å². The van der Waals surface area contributed by atoms with E-state index in [1.165, 1.54) is 57.8 Å². The molecule has 0 amide bonds. The molecule has 1 unspecified atom stereocenters. The standard InChI is InChI=1S/C15H31N/c1-5-7-13-15(3,12-6-2)16(4)14-10-8-9-11-14/h14H,5-13H2,1-4H3. The van der Waals surface area contributed by atoms with Crippen molar-refractivity contribution < 1.29 is 0 Å². The van der Waals surface area contributed by atoms with Gasteiger partial charge in [-0.25, -0.2) is 0 Å². The molecule has 1 nitrogen and oxygen atoms in total. The van der Waals surface area contributed by atoms with Crippen LogP contribution in [0.2, 0.25) is 0 Å². The molecule has 0 heterocycles. The number of unbranched alkanes of at least 4 members (excludes halogenated alkanes) is 1. The van der Waals surface area contributed by atoms with Crippen LogP contribution in [-0.4, -0.2) is 23.5 Å². The van der Waals surface area contributed by atoms with Gasteiger partial charge in [0.25, 0.3) is 0 Å². The molecule has 1 atom stereocenters. The van der Waals surface area contributed by atoms with E-state index < -0.39 is 0 Å². The molecule has 0 bridgehead atoms. The Hall–Kier alpha value is -0.0400. The third kappa shape index (κ3) is 3.48. The van der Waals surface area contributed by atoms with Crippen molar-refractivity contribution in [1.82, 2.24) is 4.90 Å². The molecular weight excluding hydrogens is 194 g/mol. The van der Waals surface area contributed by atoms with Crippen molar-refractivity contribution in [3.8, 4) is 0 Å². The van der Waals surface area contributed by atoms with Crippen LogP contribution in [0.15, 0.2) is 0 Å². The molecule has 0 aromatic carbocycles. The third-order valence-electron chi connectivity index (χ3n) is 4.58. The van der Waals surface area contributed by atoms with Gasteiger partial charge >= 0.3 is 0 Å². The average molecular weight is 225 g/mol. The minimum atomic E-state index is 0.458. The minimum absolute atomic E-state index is 0.458. The van der Waals surface area contributed by atoms with Crippen LogP contribution in [0.25, 0.3) is 0 Å². The highest BCUT2D eigenvalue weighted by molar-refractivity contribution is 4.89. The maximum atomic E-state index is 2.72. The maximum absolute atomic E-state index is 2.72. The second kappa shape index (κ2) is 6.64. The third-order valence-corrected chi connectivity index (χ3v) is 4.58. The minimum Gasteiger partial charge on any atom is -0.298 e. The number of hydrogen-bond donors (Lipinski definition) is 0. The SMILES string of the molecule is CCCCC(C)(CCC)N(C)C1CCCC1. The van der Waals surface area contributed by atoms with Crippen LogP contribution in [0.3, 0.4) is 0 Å². The van der Waals surface area contributed by atoms with Crippen molar-refractivity contribution in [2.45, 2.75) is 90.1 Å². The van der Waals surface area contributed by atoms with Gasteiger partial charge in [-0.1, -0.05) is 46.0 Å². The molecule has 0 saturated heterocycles. The van der Waals surface area contributed by atoms with Gasteiger partial charge < -0.3 is 0 Å². The lowest BCUT2D eigenvalue weighted by atomic mass is 9.87. The van der Waals surface area contributed by atoms with Gasteiger partial charge in [-0.3, -0.25) is 4.90 Å². The number of rotatable bonds is 7.